The van der Waals surface area contributed by atoms with Crippen LogP contribution >= 0.6 is 15.9 Å². The fourth-order valence-corrected chi connectivity index (χ4v) is 4.64. The van der Waals surface area contributed by atoms with Crippen LogP contribution in [-0.4, -0.2) is 15.0 Å². The highest BCUT2D eigenvalue weighted by molar-refractivity contribution is 9.10. The van der Waals surface area contributed by atoms with E-state index in [0.29, 0.717) is 6.54 Å². The Labute approximate surface area is 132 Å². The van der Waals surface area contributed by atoms with Gasteiger partial charge in [0, 0.05) is 11.0 Å². The number of halogens is 1. The van der Waals surface area contributed by atoms with E-state index >= 15 is 0 Å². The first-order chi connectivity index (χ1) is 10.00. The normalized spacial score (nSPS) is 14.8. The molecule has 0 bridgehead atoms. The molecule has 0 spiro atoms. The van der Waals surface area contributed by atoms with Gasteiger partial charge in [-0.25, -0.2) is 8.42 Å². The number of para-hydroxylation sites is 1. The number of nitrogen functional groups attached to an aromatic ring is 1. The minimum absolute atomic E-state index is 0.155. The van der Waals surface area contributed by atoms with E-state index in [2.05, 4.69) is 15.9 Å². The molecule has 0 radical (unpaired) electrons. The fourth-order valence-electron chi connectivity index (χ4n) is 2.62. The van der Waals surface area contributed by atoms with Gasteiger partial charge in [-0.3, -0.25) is 4.31 Å². The van der Waals surface area contributed by atoms with Gasteiger partial charge in [-0.2, -0.15) is 0 Å². The second kappa shape index (κ2) is 5.35. The monoisotopic (exact) mass is 366 g/mol. The van der Waals surface area contributed by atoms with E-state index in [-0.39, 0.29) is 10.6 Å². The zero-order chi connectivity index (χ0) is 15.0. The average molecular weight is 367 g/mol. The van der Waals surface area contributed by atoms with Crippen LogP contribution in [0.25, 0.3) is 0 Å². The number of nitrogens with two attached hydrogens (primary N) is 1. The molecule has 110 valence electrons. The van der Waals surface area contributed by atoms with E-state index in [9.17, 15) is 8.42 Å². The van der Waals surface area contributed by atoms with Crippen LogP contribution in [0.4, 0.5) is 11.4 Å². The van der Waals surface area contributed by atoms with Gasteiger partial charge in [-0.1, -0.05) is 34.1 Å². The lowest BCUT2D eigenvalue weighted by atomic mass is 10.0. The van der Waals surface area contributed by atoms with Crippen LogP contribution < -0.4 is 10.0 Å². The predicted molar refractivity (Wildman–Crippen MR) is 87.8 cm³/mol. The van der Waals surface area contributed by atoms with Crippen molar-refractivity contribution in [3.8, 4) is 0 Å². The summed E-state index contributed by atoms with van der Waals surface area (Å²) in [6.07, 6.45) is 1.71. The number of benzene rings is 2. The third-order valence-corrected chi connectivity index (χ3v) is 5.99. The largest absolute Gasteiger partial charge is 0.398 e. The Morgan fingerprint density at radius 1 is 1.14 bits per heavy atom. The molecule has 1 aliphatic heterocycles. The molecular weight excluding hydrogens is 352 g/mol. The van der Waals surface area contributed by atoms with Gasteiger partial charge in [-0.05, 0) is 42.7 Å². The molecule has 2 aromatic carbocycles. The molecule has 21 heavy (non-hydrogen) atoms. The molecule has 2 aromatic rings. The van der Waals surface area contributed by atoms with Gasteiger partial charge in [0.05, 0.1) is 11.4 Å². The van der Waals surface area contributed by atoms with Gasteiger partial charge in [0.2, 0.25) is 0 Å². The van der Waals surface area contributed by atoms with Crippen molar-refractivity contribution in [3.05, 3.63) is 52.5 Å². The molecule has 0 fully saturated rings. The van der Waals surface area contributed by atoms with Crippen molar-refractivity contribution in [1.82, 2.24) is 0 Å². The maximum Gasteiger partial charge on any atom is 0.266 e. The van der Waals surface area contributed by atoms with Crippen LogP contribution in [-0.2, 0) is 16.4 Å². The number of sulfonamides is 1. The molecule has 6 heteroatoms. The molecule has 2 N–H and O–H groups in total. The first-order valence-corrected chi connectivity index (χ1v) is 8.89. The van der Waals surface area contributed by atoms with Crippen molar-refractivity contribution in [1.29, 1.82) is 0 Å². The highest BCUT2D eigenvalue weighted by atomic mass is 79.9. The first kappa shape index (κ1) is 14.4. The number of anilines is 2. The molecule has 3 rings (SSSR count). The summed E-state index contributed by atoms with van der Waals surface area (Å²) < 4.78 is 28.1. The van der Waals surface area contributed by atoms with Gasteiger partial charge in [0.15, 0.2) is 0 Å². The molecule has 0 saturated heterocycles. The van der Waals surface area contributed by atoms with Crippen molar-refractivity contribution in [2.24, 2.45) is 0 Å². The lowest BCUT2D eigenvalue weighted by Crippen LogP contribution is -2.35. The summed E-state index contributed by atoms with van der Waals surface area (Å²) in [5, 5.41) is 0. The summed E-state index contributed by atoms with van der Waals surface area (Å²) in [6, 6.07) is 12.5. The standard InChI is InChI=1S/C15H15BrN2O2S/c16-12-7-8-15(13(17)10-12)21(19,20)18-9-3-5-11-4-1-2-6-14(11)18/h1-2,4,6-8,10H,3,5,9,17H2. The average Bonchev–Trinajstić information content (AvgIpc) is 2.46. The van der Waals surface area contributed by atoms with Crippen LogP contribution in [0.15, 0.2) is 51.8 Å². The number of hydrogen-bond donors (Lipinski definition) is 1. The predicted octanol–water partition coefficient (Wildman–Crippen LogP) is 3.17. The second-order valence-electron chi connectivity index (χ2n) is 4.99. The minimum Gasteiger partial charge on any atom is -0.398 e. The molecular formula is C15H15BrN2O2S. The maximum absolute atomic E-state index is 12.9. The van der Waals surface area contributed by atoms with Crippen molar-refractivity contribution >= 4 is 37.3 Å². The Morgan fingerprint density at radius 3 is 2.67 bits per heavy atom. The molecule has 0 saturated carbocycles. The van der Waals surface area contributed by atoms with Gasteiger partial charge >= 0.3 is 0 Å². The van der Waals surface area contributed by atoms with Crippen molar-refractivity contribution in [2.75, 3.05) is 16.6 Å². The van der Waals surface area contributed by atoms with Crippen LogP contribution in [0.2, 0.25) is 0 Å². The van der Waals surface area contributed by atoms with Crippen molar-refractivity contribution < 1.29 is 8.42 Å². The Bertz CT molecular complexity index is 790. The summed E-state index contributed by atoms with van der Waals surface area (Å²) >= 11 is 3.30. The summed E-state index contributed by atoms with van der Waals surface area (Å²) in [6.45, 7) is 0.481. The third kappa shape index (κ3) is 2.53. The fraction of sp³-hybridized carbons (Fsp3) is 0.200. The Morgan fingerprint density at radius 2 is 1.90 bits per heavy atom. The molecule has 4 nitrogen and oxygen atoms in total. The highest BCUT2D eigenvalue weighted by Gasteiger charge is 2.30. The van der Waals surface area contributed by atoms with E-state index < -0.39 is 10.0 Å². The summed E-state index contributed by atoms with van der Waals surface area (Å²) in [5.41, 5.74) is 7.97. The van der Waals surface area contributed by atoms with Crippen LogP contribution in [0.3, 0.4) is 0 Å². The number of rotatable bonds is 2. The van der Waals surface area contributed by atoms with Gasteiger partial charge < -0.3 is 5.73 Å². The molecule has 0 atom stereocenters. The maximum atomic E-state index is 12.9. The summed E-state index contributed by atoms with van der Waals surface area (Å²) in [7, 11) is -3.64. The lowest BCUT2D eigenvalue weighted by molar-refractivity contribution is 0.587. The summed E-state index contributed by atoms with van der Waals surface area (Å²) in [4.78, 5) is 0.155. The summed E-state index contributed by atoms with van der Waals surface area (Å²) in [5.74, 6) is 0. The van der Waals surface area contributed by atoms with Crippen LogP contribution in [0.1, 0.15) is 12.0 Å². The molecule has 1 heterocycles. The van der Waals surface area contributed by atoms with E-state index in [1.165, 1.54) is 4.31 Å². The number of fused-ring (bicyclic) bond motifs is 1. The van der Waals surface area contributed by atoms with E-state index in [1.807, 2.05) is 24.3 Å². The zero-order valence-electron chi connectivity index (χ0n) is 11.3. The van der Waals surface area contributed by atoms with Gasteiger partial charge in [-0.15, -0.1) is 0 Å². The lowest BCUT2D eigenvalue weighted by Gasteiger charge is -2.30. The van der Waals surface area contributed by atoms with Gasteiger partial charge in [0.25, 0.3) is 10.0 Å². The second-order valence-corrected chi connectivity index (χ2v) is 7.74. The minimum atomic E-state index is -3.64. The van der Waals surface area contributed by atoms with E-state index in [1.54, 1.807) is 18.2 Å². The van der Waals surface area contributed by atoms with E-state index in [4.69, 9.17) is 5.73 Å². The molecule has 0 aromatic heterocycles. The first-order valence-electron chi connectivity index (χ1n) is 6.66. The smallest absolute Gasteiger partial charge is 0.266 e. The number of aryl methyl sites for hydroxylation is 1. The van der Waals surface area contributed by atoms with Crippen LogP contribution in [0.5, 0.6) is 0 Å². The topological polar surface area (TPSA) is 63.4 Å². The molecule has 0 aliphatic carbocycles. The number of nitrogens with zero attached hydrogens (tertiary/aromatic N) is 1. The van der Waals surface area contributed by atoms with Crippen molar-refractivity contribution in [3.63, 3.8) is 0 Å². The number of hydrogen-bond acceptors (Lipinski definition) is 3. The molecule has 1 aliphatic rings. The van der Waals surface area contributed by atoms with Crippen LogP contribution in [0, 0.1) is 0 Å². The molecule has 0 amide bonds. The van der Waals surface area contributed by atoms with Crippen molar-refractivity contribution in [2.45, 2.75) is 17.7 Å². The highest BCUT2D eigenvalue weighted by Crippen LogP contribution is 2.34. The Hall–Kier alpha value is -1.53. The quantitative estimate of drug-likeness (QED) is 0.830. The third-order valence-electron chi connectivity index (χ3n) is 3.61. The van der Waals surface area contributed by atoms with Gasteiger partial charge in [0.1, 0.15) is 4.90 Å². The Kier molecular flexibility index (Phi) is 3.67. The van der Waals surface area contributed by atoms with E-state index in [0.717, 1.165) is 28.6 Å². The zero-order valence-corrected chi connectivity index (χ0v) is 13.7. The Balaban J connectivity index is 2.12. The SMILES string of the molecule is Nc1cc(Br)ccc1S(=O)(=O)N1CCCc2ccccc21. The molecule has 0 unspecified atom stereocenters.